The number of likely N-dealkylation sites (N-methyl/N-ethyl adjacent to an activating group) is 1. The van der Waals surface area contributed by atoms with Crippen LogP contribution in [0.3, 0.4) is 0 Å². The van der Waals surface area contributed by atoms with Gasteiger partial charge in [0, 0.05) is 26.8 Å². The molecule has 0 heterocycles. The van der Waals surface area contributed by atoms with Crippen LogP contribution in [0, 0.1) is 0 Å². The van der Waals surface area contributed by atoms with Crippen molar-refractivity contribution in [3.8, 4) is 0 Å². The second-order valence-corrected chi connectivity index (χ2v) is 3.89. The number of carbonyl (C=O) groups is 2. The van der Waals surface area contributed by atoms with Crippen molar-refractivity contribution >= 4 is 11.9 Å². The Kier molecular flexibility index (Phi) is 10.3. The van der Waals surface area contributed by atoms with Gasteiger partial charge in [0.25, 0.3) is 0 Å². The van der Waals surface area contributed by atoms with Crippen LogP contribution in [0.5, 0.6) is 0 Å². The molecule has 0 spiro atoms. The van der Waals surface area contributed by atoms with Crippen molar-refractivity contribution in [3.05, 3.63) is 0 Å². The molecule has 0 aromatic carbocycles. The van der Waals surface area contributed by atoms with Crippen LogP contribution in [0.2, 0.25) is 0 Å². The van der Waals surface area contributed by atoms with Crippen LogP contribution in [-0.4, -0.2) is 63.8 Å². The molecule has 1 amide bonds. The molecule has 6 nitrogen and oxygen atoms in total. The number of rotatable bonds is 10. The fourth-order valence-electron chi connectivity index (χ4n) is 1.40. The molecule has 1 N–H and O–H groups in total. The second kappa shape index (κ2) is 11.0. The number of nitrogens with one attached hydrogen (secondary N) is 1. The highest BCUT2D eigenvalue weighted by Gasteiger charge is 2.10. The molecule has 0 aliphatic carbocycles. The zero-order valence-corrected chi connectivity index (χ0v) is 11.5. The van der Waals surface area contributed by atoms with Crippen LogP contribution in [0.1, 0.15) is 19.8 Å². The van der Waals surface area contributed by atoms with Gasteiger partial charge in [-0.05, 0) is 13.0 Å². The average Bonchev–Trinajstić information content (AvgIpc) is 2.39. The summed E-state index contributed by atoms with van der Waals surface area (Å²) in [6, 6.07) is 0. The van der Waals surface area contributed by atoms with Gasteiger partial charge >= 0.3 is 5.97 Å². The van der Waals surface area contributed by atoms with Crippen molar-refractivity contribution in [2.75, 3.05) is 47.0 Å². The first-order valence-corrected chi connectivity index (χ1v) is 6.18. The first kappa shape index (κ1) is 16.9. The fourth-order valence-corrected chi connectivity index (χ4v) is 1.40. The molecule has 0 aliphatic heterocycles. The molecule has 0 fully saturated rings. The molecule has 0 saturated heterocycles. The quantitative estimate of drug-likeness (QED) is 0.443. The summed E-state index contributed by atoms with van der Waals surface area (Å²) in [6.07, 6.45) is 1.11. The van der Waals surface area contributed by atoms with Crippen molar-refractivity contribution in [2.24, 2.45) is 0 Å². The molecule has 0 aliphatic rings. The molecule has 0 unspecified atom stereocenters. The van der Waals surface area contributed by atoms with Gasteiger partial charge in [-0.1, -0.05) is 6.92 Å². The Labute approximate surface area is 109 Å². The van der Waals surface area contributed by atoms with E-state index in [1.165, 1.54) is 7.11 Å². The molecule has 0 aromatic rings. The smallest absolute Gasteiger partial charge is 0.306 e. The predicted molar refractivity (Wildman–Crippen MR) is 68.2 cm³/mol. The highest BCUT2D eigenvalue weighted by atomic mass is 16.5. The van der Waals surface area contributed by atoms with E-state index in [1.807, 2.05) is 11.8 Å². The largest absolute Gasteiger partial charge is 0.469 e. The van der Waals surface area contributed by atoms with E-state index in [4.69, 9.17) is 4.74 Å². The monoisotopic (exact) mass is 260 g/mol. The Morgan fingerprint density at radius 1 is 1.28 bits per heavy atom. The minimum Gasteiger partial charge on any atom is -0.469 e. The molecule has 0 aromatic heterocycles. The molecule has 18 heavy (non-hydrogen) atoms. The van der Waals surface area contributed by atoms with Crippen molar-refractivity contribution in [1.29, 1.82) is 0 Å². The number of ether oxygens (including phenoxy) is 2. The number of esters is 1. The van der Waals surface area contributed by atoms with E-state index in [2.05, 4.69) is 10.1 Å². The van der Waals surface area contributed by atoms with Crippen molar-refractivity contribution in [1.82, 2.24) is 10.2 Å². The topological polar surface area (TPSA) is 67.9 Å². The molecule has 0 rings (SSSR count). The lowest BCUT2D eigenvalue weighted by Gasteiger charge is -2.19. The van der Waals surface area contributed by atoms with Crippen molar-refractivity contribution in [2.45, 2.75) is 19.8 Å². The number of methoxy groups -OCH3 is 2. The second-order valence-electron chi connectivity index (χ2n) is 3.89. The van der Waals surface area contributed by atoms with Crippen LogP contribution >= 0.6 is 0 Å². The summed E-state index contributed by atoms with van der Waals surface area (Å²) in [4.78, 5) is 24.5. The van der Waals surface area contributed by atoms with Crippen LogP contribution in [0.15, 0.2) is 0 Å². The lowest BCUT2D eigenvalue weighted by molar-refractivity contribution is -0.141. The van der Waals surface area contributed by atoms with Crippen LogP contribution in [0.25, 0.3) is 0 Å². The zero-order valence-electron chi connectivity index (χ0n) is 11.5. The Hall–Kier alpha value is -1.14. The van der Waals surface area contributed by atoms with Gasteiger partial charge in [0.05, 0.1) is 20.1 Å². The number of hydrogen-bond acceptors (Lipinski definition) is 5. The van der Waals surface area contributed by atoms with Gasteiger partial charge in [0.1, 0.15) is 0 Å². The summed E-state index contributed by atoms with van der Waals surface area (Å²) in [7, 11) is 2.99. The zero-order chi connectivity index (χ0) is 13.8. The molecule has 0 radical (unpaired) electrons. The summed E-state index contributed by atoms with van der Waals surface area (Å²) in [6.45, 7) is 4.77. The van der Waals surface area contributed by atoms with E-state index in [9.17, 15) is 9.59 Å². The Balaban J connectivity index is 3.75. The van der Waals surface area contributed by atoms with Crippen molar-refractivity contribution < 1.29 is 19.1 Å². The van der Waals surface area contributed by atoms with E-state index < -0.39 is 0 Å². The van der Waals surface area contributed by atoms with Gasteiger partial charge in [-0.15, -0.1) is 0 Å². The minimum atomic E-state index is -0.256. The summed E-state index contributed by atoms with van der Waals surface area (Å²) in [5, 5.41) is 2.81. The first-order valence-electron chi connectivity index (χ1n) is 6.18. The summed E-state index contributed by atoms with van der Waals surface area (Å²) in [5.41, 5.74) is 0. The Morgan fingerprint density at radius 2 is 2.00 bits per heavy atom. The molecule has 6 heteroatoms. The fraction of sp³-hybridized carbons (Fsp3) is 0.833. The van der Waals surface area contributed by atoms with Gasteiger partial charge in [0.2, 0.25) is 5.91 Å². The number of hydrogen-bond donors (Lipinski definition) is 1. The lowest BCUT2D eigenvalue weighted by Crippen LogP contribution is -2.38. The van der Waals surface area contributed by atoms with E-state index in [0.29, 0.717) is 32.7 Å². The van der Waals surface area contributed by atoms with Gasteiger partial charge in [0.15, 0.2) is 0 Å². The maximum atomic E-state index is 11.6. The highest BCUT2D eigenvalue weighted by Crippen LogP contribution is 1.93. The van der Waals surface area contributed by atoms with E-state index in [0.717, 1.165) is 13.0 Å². The van der Waals surface area contributed by atoms with Crippen LogP contribution in [-0.2, 0) is 19.1 Å². The molecule has 0 saturated carbocycles. The number of amides is 1. The highest BCUT2D eigenvalue weighted by molar-refractivity contribution is 5.78. The van der Waals surface area contributed by atoms with Crippen LogP contribution < -0.4 is 5.32 Å². The third-order valence-corrected chi connectivity index (χ3v) is 2.52. The SMILES string of the molecule is CCN(CCC(=O)OC)CC(=O)NCCCOC. The van der Waals surface area contributed by atoms with Crippen LogP contribution in [0.4, 0.5) is 0 Å². The summed E-state index contributed by atoms with van der Waals surface area (Å²) in [5.74, 6) is -0.285. The Morgan fingerprint density at radius 3 is 2.56 bits per heavy atom. The first-order chi connectivity index (χ1) is 8.63. The molecule has 0 atom stereocenters. The molecular formula is C12H24N2O4. The molecule has 0 bridgehead atoms. The van der Waals surface area contributed by atoms with E-state index in [-0.39, 0.29) is 11.9 Å². The van der Waals surface area contributed by atoms with Gasteiger partial charge in [-0.2, -0.15) is 0 Å². The average molecular weight is 260 g/mol. The predicted octanol–water partition coefficient (Wildman–Crippen LogP) is 0.0241. The third kappa shape index (κ3) is 8.95. The maximum absolute atomic E-state index is 11.6. The lowest BCUT2D eigenvalue weighted by atomic mass is 10.3. The van der Waals surface area contributed by atoms with Gasteiger partial charge in [-0.3, -0.25) is 14.5 Å². The maximum Gasteiger partial charge on any atom is 0.306 e. The van der Waals surface area contributed by atoms with Gasteiger partial charge < -0.3 is 14.8 Å². The number of nitrogens with zero attached hydrogens (tertiary/aromatic N) is 1. The Bertz CT molecular complexity index is 246. The standard InChI is InChI=1S/C12H24N2O4/c1-4-14(8-6-12(16)18-3)10-11(15)13-7-5-9-17-2/h4-10H2,1-3H3,(H,13,15). The summed E-state index contributed by atoms with van der Waals surface area (Å²) < 4.78 is 9.45. The normalized spacial score (nSPS) is 10.4. The minimum absolute atomic E-state index is 0.0298. The third-order valence-electron chi connectivity index (χ3n) is 2.52. The number of carbonyl (C=O) groups excluding carboxylic acids is 2. The van der Waals surface area contributed by atoms with E-state index in [1.54, 1.807) is 7.11 Å². The van der Waals surface area contributed by atoms with Gasteiger partial charge in [-0.25, -0.2) is 0 Å². The molecule has 106 valence electrons. The van der Waals surface area contributed by atoms with E-state index >= 15 is 0 Å². The van der Waals surface area contributed by atoms with Crippen molar-refractivity contribution in [3.63, 3.8) is 0 Å². The molecular weight excluding hydrogens is 236 g/mol. The summed E-state index contributed by atoms with van der Waals surface area (Å²) >= 11 is 0.